The maximum Gasteiger partial charge on any atom is 0.325 e. The number of aromatic nitrogens is 3. The third kappa shape index (κ3) is 8.92. The molecule has 2 amide bonds. The molecule has 0 bridgehead atoms. The minimum atomic E-state index is -0.598. The Morgan fingerprint density at radius 1 is 1.00 bits per heavy atom. The van der Waals surface area contributed by atoms with E-state index in [9.17, 15) is 14.7 Å². The van der Waals surface area contributed by atoms with Crippen LogP contribution in [0.5, 0.6) is 0 Å². The molecule has 3 N–H and O–H groups in total. The summed E-state index contributed by atoms with van der Waals surface area (Å²) in [6, 6.07) is 23.3. The first-order valence-electron chi connectivity index (χ1n) is 14.8. The van der Waals surface area contributed by atoms with E-state index in [2.05, 4.69) is 26.9 Å². The molecular formula is C33H37N5O6S. The summed E-state index contributed by atoms with van der Waals surface area (Å²) in [7, 11) is 1.92. The summed E-state index contributed by atoms with van der Waals surface area (Å²) in [5, 5.41) is 23.8. The lowest BCUT2D eigenvalue weighted by Gasteiger charge is -2.36. The minimum absolute atomic E-state index is 0.0127. The highest BCUT2D eigenvalue weighted by Gasteiger charge is 2.32. The number of esters is 1. The molecule has 0 saturated carbocycles. The molecule has 11 nitrogen and oxygen atoms in total. The zero-order chi connectivity index (χ0) is 31.6. The highest BCUT2D eigenvalue weighted by molar-refractivity contribution is 7.99. The van der Waals surface area contributed by atoms with Gasteiger partial charge in [0.25, 0.3) is 0 Å². The van der Waals surface area contributed by atoms with Crippen LogP contribution in [-0.2, 0) is 39.2 Å². The van der Waals surface area contributed by atoms with Crippen molar-refractivity contribution < 1.29 is 28.9 Å². The van der Waals surface area contributed by atoms with Gasteiger partial charge in [0, 0.05) is 31.3 Å². The maximum absolute atomic E-state index is 12.1. The third-order valence-corrected chi connectivity index (χ3v) is 8.42. The highest BCUT2D eigenvalue weighted by Crippen LogP contribution is 2.40. The number of thioether (sulfide) groups is 1. The Balaban J connectivity index is 1.29. The first-order valence-corrected chi connectivity index (χ1v) is 15.7. The normalized spacial score (nSPS) is 17.9. The van der Waals surface area contributed by atoms with Crippen molar-refractivity contribution in [3.05, 3.63) is 101 Å². The summed E-state index contributed by atoms with van der Waals surface area (Å²) in [5.41, 5.74) is 5.62. The van der Waals surface area contributed by atoms with Gasteiger partial charge in [0.2, 0.25) is 0 Å². The van der Waals surface area contributed by atoms with E-state index < -0.39 is 18.3 Å². The van der Waals surface area contributed by atoms with Crippen LogP contribution in [0.2, 0.25) is 0 Å². The van der Waals surface area contributed by atoms with E-state index in [1.807, 2.05) is 78.3 Å². The van der Waals surface area contributed by atoms with E-state index in [-0.39, 0.29) is 32.0 Å². The average Bonchev–Trinajstić information content (AvgIpc) is 3.50. The van der Waals surface area contributed by atoms with Crippen molar-refractivity contribution in [3.63, 3.8) is 0 Å². The zero-order valence-electron chi connectivity index (χ0n) is 25.2. The van der Waals surface area contributed by atoms with E-state index in [4.69, 9.17) is 14.2 Å². The molecule has 1 aliphatic heterocycles. The van der Waals surface area contributed by atoms with E-state index in [0.717, 1.165) is 38.5 Å². The van der Waals surface area contributed by atoms with Gasteiger partial charge in [0.1, 0.15) is 12.9 Å². The number of benzene rings is 3. The monoisotopic (exact) mass is 631 g/mol. The van der Waals surface area contributed by atoms with Gasteiger partial charge in [-0.2, -0.15) is 0 Å². The summed E-state index contributed by atoms with van der Waals surface area (Å²) in [4.78, 5) is 23.6. The Morgan fingerprint density at radius 2 is 1.78 bits per heavy atom. The lowest BCUT2D eigenvalue weighted by atomic mass is 9.99. The molecule has 2 heterocycles. The van der Waals surface area contributed by atoms with Gasteiger partial charge < -0.3 is 34.5 Å². The minimum Gasteiger partial charge on any atom is -0.465 e. The van der Waals surface area contributed by atoms with E-state index in [1.165, 1.54) is 0 Å². The summed E-state index contributed by atoms with van der Waals surface area (Å²) in [6.45, 7) is 2.07. The van der Waals surface area contributed by atoms with Crippen LogP contribution < -0.4 is 10.6 Å². The number of nitrogens with one attached hydrogen (secondary N) is 2. The van der Waals surface area contributed by atoms with Crippen LogP contribution in [0.15, 0.2) is 84.3 Å². The molecule has 12 heteroatoms. The topological polar surface area (TPSA) is 137 Å². The second-order valence-electron chi connectivity index (χ2n) is 10.6. The van der Waals surface area contributed by atoms with Crippen molar-refractivity contribution in [1.29, 1.82) is 0 Å². The van der Waals surface area contributed by atoms with Gasteiger partial charge in [-0.3, -0.25) is 4.79 Å². The number of carbonyl (C=O) groups is 2. The molecule has 236 valence electrons. The number of carbonyl (C=O) groups excluding carboxylic acids is 2. The van der Waals surface area contributed by atoms with Crippen LogP contribution in [-0.4, -0.2) is 56.9 Å². The SMILES string of the molecule is CCOC(=O)CNC(=O)NCc1cccc(-c2cccc([C@@H]3O[C@H](CSc4nncn4C)C[C@H](c4ccc(CO)cc4)O3)c2)c1. The number of nitrogens with zero attached hydrogens (tertiary/aromatic N) is 3. The van der Waals surface area contributed by atoms with Crippen LogP contribution in [0, 0.1) is 0 Å². The van der Waals surface area contributed by atoms with Crippen molar-refractivity contribution >= 4 is 23.8 Å². The number of ether oxygens (including phenoxy) is 3. The first-order chi connectivity index (χ1) is 21.9. The van der Waals surface area contributed by atoms with Gasteiger partial charge in [0.05, 0.1) is 25.4 Å². The van der Waals surface area contributed by atoms with Crippen LogP contribution in [0.25, 0.3) is 11.1 Å². The zero-order valence-corrected chi connectivity index (χ0v) is 26.0. The van der Waals surface area contributed by atoms with Crippen molar-refractivity contribution in [2.45, 2.75) is 50.2 Å². The third-order valence-electron chi connectivity index (χ3n) is 7.25. The quantitative estimate of drug-likeness (QED) is 0.150. The molecule has 1 fully saturated rings. The molecule has 0 radical (unpaired) electrons. The van der Waals surface area contributed by atoms with Crippen LogP contribution >= 0.6 is 11.8 Å². The number of aliphatic hydroxyl groups is 1. The molecule has 0 aliphatic carbocycles. The van der Waals surface area contributed by atoms with Crippen molar-refractivity contribution in [2.24, 2.45) is 7.05 Å². The predicted molar refractivity (Wildman–Crippen MR) is 169 cm³/mol. The van der Waals surface area contributed by atoms with Gasteiger partial charge in [-0.15, -0.1) is 10.2 Å². The summed E-state index contributed by atoms with van der Waals surface area (Å²) in [5.74, 6) is 0.196. The largest absolute Gasteiger partial charge is 0.465 e. The lowest BCUT2D eigenvalue weighted by molar-refractivity contribution is -0.245. The Bertz CT molecular complexity index is 1580. The van der Waals surface area contributed by atoms with E-state index in [0.29, 0.717) is 18.7 Å². The number of urea groups is 1. The number of rotatable bonds is 12. The fraction of sp³-hybridized carbons (Fsp3) is 0.333. The number of hydrogen-bond acceptors (Lipinski definition) is 9. The predicted octanol–water partition coefficient (Wildman–Crippen LogP) is 4.67. The van der Waals surface area contributed by atoms with Gasteiger partial charge in [-0.1, -0.05) is 72.4 Å². The fourth-order valence-corrected chi connectivity index (χ4v) is 5.83. The van der Waals surface area contributed by atoms with Crippen molar-refractivity contribution in [2.75, 3.05) is 18.9 Å². The van der Waals surface area contributed by atoms with Crippen LogP contribution in [0.1, 0.15) is 48.0 Å². The Kier molecular flexibility index (Phi) is 11.2. The standard InChI is InChI=1S/C33H37N5O6S/c1-3-42-30(40)18-35-32(41)34-17-23-6-4-7-25(14-23)26-8-5-9-27(15-26)31-43-28(20-45-33-37-36-21-38(33)2)16-29(44-31)24-12-10-22(19-39)11-13-24/h4-15,21,28-29,31,39H,3,16-20H2,1-2H3,(H2,34,35,41)/t28-,29+,31+/m0/s1. The first kappa shape index (κ1) is 32.2. The molecule has 0 unspecified atom stereocenters. The smallest absolute Gasteiger partial charge is 0.325 e. The molecule has 3 aromatic carbocycles. The molecule has 3 atom stereocenters. The number of hydrogen-bond donors (Lipinski definition) is 3. The molecule has 5 rings (SSSR count). The molecule has 1 saturated heterocycles. The molecule has 45 heavy (non-hydrogen) atoms. The van der Waals surface area contributed by atoms with Crippen LogP contribution in [0.3, 0.4) is 0 Å². The highest BCUT2D eigenvalue weighted by atomic mass is 32.2. The molecule has 1 aliphatic rings. The van der Waals surface area contributed by atoms with Gasteiger partial charge in [-0.05, 0) is 46.9 Å². The van der Waals surface area contributed by atoms with Gasteiger partial charge in [-0.25, -0.2) is 4.79 Å². The van der Waals surface area contributed by atoms with Gasteiger partial charge >= 0.3 is 12.0 Å². The second-order valence-corrected chi connectivity index (χ2v) is 11.5. The molecule has 0 spiro atoms. The van der Waals surface area contributed by atoms with E-state index >= 15 is 0 Å². The Hall–Kier alpha value is -4.23. The Labute approximate surface area is 266 Å². The lowest BCUT2D eigenvalue weighted by Crippen LogP contribution is -2.38. The van der Waals surface area contributed by atoms with E-state index in [1.54, 1.807) is 25.0 Å². The maximum atomic E-state index is 12.1. The summed E-state index contributed by atoms with van der Waals surface area (Å²) in [6.07, 6.45) is 1.44. The average molecular weight is 632 g/mol. The van der Waals surface area contributed by atoms with Gasteiger partial charge in [0.15, 0.2) is 11.4 Å². The van der Waals surface area contributed by atoms with Crippen LogP contribution in [0.4, 0.5) is 4.79 Å². The molecule has 1 aromatic heterocycles. The molecule has 4 aromatic rings. The Morgan fingerprint density at radius 3 is 2.51 bits per heavy atom. The number of aryl methyl sites for hydroxylation is 1. The second kappa shape index (κ2) is 15.7. The van der Waals surface area contributed by atoms with Crippen molar-refractivity contribution in [1.82, 2.24) is 25.4 Å². The fourth-order valence-electron chi connectivity index (χ4n) is 4.93. The molecular weight excluding hydrogens is 594 g/mol. The number of aliphatic hydroxyl groups excluding tert-OH is 1. The number of amides is 2. The summed E-state index contributed by atoms with van der Waals surface area (Å²) >= 11 is 1.59. The summed E-state index contributed by atoms with van der Waals surface area (Å²) < 4.78 is 19.8. The van der Waals surface area contributed by atoms with Crippen molar-refractivity contribution in [3.8, 4) is 11.1 Å².